The van der Waals surface area contributed by atoms with Crippen molar-refractivity contribution in [2.24, 2.45) is 0 Å². The summed E-state index contributed by atoms with van der Waals surface area (Å²) in [6, 6.07) is 15.1. The molecule has 2 aromatic carbocycles. The quantitative estimate of drug-likeness (QED) is 0.908. The maximum Gasteiger partial charge on any atom is 0.261 e. The summed E-state index contributed by atoms with van der Waals surface area (Å²) in [6.07, 6.45) is 1.94. The number of phenolic OH excluding ortho intramolecular Hbond substituents is 1. The summed E-state index contributed by atoms with van der Waals surface area (Å²) in [5.41, 5.74) is 2.28. The topological polar surface area (TPSA) is 53.0 Å². The average Bonchev–Trinajstić information content (AvgIpc) is 3.11. The van der Waals surface area contributed by atoms with Gasteiger partial charge in [-0.25, -0.2) is 0 Å². The molecule has 0 saturated carbocycles. The molecule has 1 aliphatic heterocycles. The fourth-order valence-electron chi connectivity index (χ4n) is 3.22. The zero-order valence-corrected chi connectivity index (χ0v) is 14.7. The summed E-state index contributed by atoms with van der Waals surface area (Å²) >= 11 is 0. The predicted octanol–water partition coefficient (Wildman–Crippen LogP) is 3.20. The van der Waals surface area contributed by atoms with Gasteiger partial charge in [-0.1, -0.05) is 24.3 Å². The zero-order valence-electron chi connectivity index (χ0n) is 14.7. The third kappa shape index (κ3) is 3.87. The number of nitrogens with zero attached hydrogens (tertiary/aromatic N) is 2. The summed E-state index contributed by atoms with van der Waals surface area (Å²) < 4.78 is 5.51. The van der Waals surface area contributed by atoms with Gasteiger partial charge in [0.2, 0.25) is 0 Å². The van der Waals surface area contributed by atoms with Crippen LogP contribution < -0.4 is 9.64 Å². The van der Waals surface area contributed by atoms with Crippen LogP contribution in [0.15, 0.2) is 48.5 Å². The van der Waals surface area contributed by atoms with Crippen molar-refractivity contribution < 1.29 is 14.6 Å². The van der Waals surface area contributed by atoms with Crippen LogP contribution in [-0.4, -0.2) is 43.2 Å². The SMILES string of the molecule is CN(C)c1cccc([C@@H]2CCCN2C(=O)COc2ccccc2O)c1. The van der Waals surface area contributed by atoms with E-state index in [0.717, 1.165) is 30.6 Å². The van der Waals surface area contributed by atoms with E-state index in [1.165, 1.54) is 0 Å². The summed E-state index contributed by atoms with van der Waals surface area (Å²) in [4.78, 5) is 16.6. The summed E-state index contributed by atoms with van der Waals surface area (Å²) in [7, 11) is 4.02. The number of hydrogen-bond acceptors (Lipinski definition) is 4. The average molecular weight is 340 g/mol. The molecule has 0 spiro atoms. The zero-order chi connectivity index (χ0) is 17.8. The molecule has 5 heteroatoms. The van der Waals surface area contributed by atoms with Gasteiger partial charge in [-0.2, -0.15) is 0 Å². The van der Waals surface area contributed by atoms with E-state index in [2.05, 4.69) is 23.1 Å². The minimum atomic E-state index is -0.0680. The van der Waals surface area contributed by atoms with Crippen LogP contribution in [0, 0.1) is 0 Å². The van der Waals surface area contributed by atoms with Gasteiger partial charge in [-0.05, 0) is 42.7 Å². The van der Waals surface area contributed by atoms with Crippen LogP contribution in [0.1, 0.15) is 24.4 Å². The molecule has 0 bridgehead atoms. The maximum atomic E-state index is 12.6. The molecule has 1 saturated heterocycles. The van der Waals surface area contributed by atoms with E-state index in [1.54, 1.807) is 24.3 Å². The Morgan fingerprint density at radius 2 is 2.04 bits per heavy atom. The Bertz CT molecular complexity index is 745. The van der Waals surface area contributed by atoms with Crippen molar-refractivity contribution >= 4 is 11.6 Å². The number of para-hydroxylation sites is 2. The van der Waals surface area contributed by atoms with Crippen molar-refractivity contribution in [2.75, 3.05) is 32.1 Å². The fraction of sp³-hybridized carbons (Fsp3) is 0.350. The summed E-state index contributed by atoms with van der Waals surface area (Å²) in [5, 5.41) is 9.75. The predicted molar refractivity (Wildman–Crippen MR) is 98.1 cm³/mol. The van der Waals surface area contributed by atoms with Gasteiger partial charge < -0.3 is 19.6 Å². The number of aromatic hydroxyl groups is 1. The van der Waals surface area contributed by atoms with Crippen LogP contribution in [0.2, 0.25) is 0 Å². The molecule has 1 aliphatic rings. The minimum Gasteiger partial charge on any atom is -0.504 e. The van der Waals surface area contributed by atoms with Gasteiger partial charge in [-0.3, -0.25) is 4.79 Å². The van der Waals surface area contributed by atoms with Crippen molar-refractivity contribution in [2.45, 2.75) is 18.9 Å². The molecule has 1 heterocycles. The number of carbonyl (C=O) groups excluding carboxylic acids is 1. The van der Waals surface area contributed by atoms with Crippen LogP contribution in [-0.2, 0) is 4.79 Å². The largest absolute Gasteiger partial charge is 0.504 e. The standard InChI is InChI=1S/C20H24N2O3/c1-21(2)16-8-5-7-15(13-16)17-9-6-12-22(17)20(24)14-25-19-11-4-3-10-18(19)23/h3-5,7-8,10-11,13,17,23H,6,9,12,14H2,1-2H3/t17-/m0/s1. The number of likely N-dealkylation sites (tertiary alicyclic amines) is 1. The van der Waals surface area contributed by atoms with Crippen LogP contribution >= 0.6 is 0 Å². The smallest absolute Gasteiger partial charge is 0.261 e. The van der Waals surface area contributed by atoms with E-state index in [1.807, 2.05) is 25.1 Å². The number of ether oxygens (including phenoxy) is 1. The Morgan fingerprint density at radius 3 is 2.80 bits per heavy atom. The molecule has 1 fully saturated rings. The molecule has 5 nitrogen and oxygen atoms in total. The molecule has 1 N–H and O–H groups in total. The lowest BCUT2D eigenvalue weighted by molar-refractivity contribution is -0.134. The highest BCUT2D eigenvalue weighted by atomic mass is 16.5. The van der Waals surface area contributed by atoms with Crippen molar-refractivity contribution in [1.29, 1.82) is 0 Å². The first-order chi connectivity index (χ1) is 12.1. The summed E-state index contributed by atoms with van der Waals surface area (Å²) in [5.74, 6) is 0.328. The number of anilines is 1. The van der Waals surface area contributed by atoms with Crippen LogP contribution in [0.4, 0.5) is 5.69 Å². The van der Waals surface area contributed by atoms with Gasteiger partial charge in [0.15, 0.2) is 18.1 Å². The Balaban J connectivity index is 1.70. The van der Waals surface area contributed by atoms with E-state index in [9.17, 15) is 9.90 Å². The van der Waals surface area contributed by atoms with E-state index < -0.39 is 0 Å². The maximum absolute atomic E-state index is 12.6. The van der Waals surface area contributed by atoms with E-state index >= 15 is 0 Å². The molecule has 2 aromatic rings. The second kappa shape index (κ2) is 7.47. The Hall–Kier alpha value is -2.69. The fourth-order valence-corrected chi connectivity index (χ4v) is 3.22. The van der Waals surface area contributed by atoms with Crippen LogP contribution in [0.5, 0.6) is 11.5 Å². The third-order valence-corrected chi connectivity index (χ3v) is 4.56. The first-order valence-electron chi connectivity index (χ1n) is 8.54. The molecule has 0 aliphatic carbocycles. The van der Waals surface area contributed by atoms with Crippen molar-refractivity contribution in [1.82, 2.24) is 4.90 Å². The molecule has 0 unspecified atom stereocenters. The van der Waals surface area contributed by atoms with Gasteiger partial charge >= 0.3 is 0 Å². The van der Waals surface area contributed by atoms with Gasteiger partial charge in [0.25, 0.3) is 5.91 Å². The second-order valence-corrected chi connectivity index (χ2v) is 6.49. The molecule has 25 heavy (non-hydrogen) atoms. The van der Waals surface area contributed by atoms with Crippen molar-refractivity contribution in [3.63, 3.8) is 0 Å². The number of carbonyl (C=O) groups is 1. The van der Waals surface area contributed by atoms with Crippen molar-refractivity contribution in [3.8, 4) is 11.5 Å². The molecule has 0 aromatic heterocycles. The lowest BCUT2D eigenvalue weighted by Gasteiger charge is -2.26. The highest BCUT2D eigenvalue weighted by Gasteiger charge is 2.30. The first kappa shape index (κ1) is 17.1. The number of phenols is 1. The highest BCUT2D eigenvalue weighted by molar-refractivity contribution is 5.78. The van der Waals surface area contributed by atoms with E-state index in [0.29, 0.717) is 5.75 Å². The molecular weight excluding hydrogens is 316 g/mol. The Morgan fingerprint density at radius 1 is 1.24 bits per heavy atom. The van der Waals surface area contributed by atoms with Crippen LogP contribution in [0.25, 0.3) is 0 Å². The number of benzene rings is 2. The normalized spacial score (nSPS) is 16.7. The first-order valence-corrected chi connectivity index (χ1v) is 8.54. The van der Waals surface area contributed by atoms with Gasteiger partial charge in [0.1, 0.15) is 0 Å². The molecule has 0 radical (unpaired) electrons. The molecule has 3 rings (SSSR count). The van der Waals surface area contributed by atoms with Gasteiger partial charge in [-0.15, -0.1) is 0 Å². The minimum absolute atomic E-state index is 0.0481. The van der Waals surface area contributed by atoms with E-state index in [4.69, 9.17) is 4.74 Å². The molecular formula is C20H24N2O3. The second-order valence-electron chi connectivity index (χ2n) is 6.49. The highest BCUT2D eigenvalue weighted by Crippen LogP contribution is 2.33. The number of rotatable bonds is 5. The number of amides is 1. The van der Waals surface area contributed by atoms with Crippen molar-refractivity contribution in [3.05, 3.63) is 54.1 Å². The monoisotopic (exact) mass is 340 g/mol. The number of hydrogen-bond donors (Lipinski definition) is 1. The molecule has 132 valence electrons. The lowest BCUT2D eigenvalue weighted by Crippen LogP contribution is -2.34. The van der Waals surface area contributed by atoms with Gasteiger partial charge in [0, 0.05) is 26.3 Å². The molecule has 1 amide bonds. The Kier molecular flexibility index (Phi) is 5.12. The summed E-state index contributed by atoms with van der Waals surface area (Å²) in [6.45, 7) is 0.668. The van der Waals surface area contributed by atoms with Crippen LogP contribution in [0.3, 0.4) is 0 Å². The lowest BCUT2D eigenvalue weighted by atomic mass is 10.0. The Labute approximate surface area is 148 Å². The van der Waals surface area contributed by atoms with E-state index in [-0.39, 0.29) is 24.3 Å². The third-order valence-electron chi connectivity index (χ3n) is 4.56. The molecule has 1 atom stereocenters. The van der Waals surface area contributed by atoms with Gasteiger partial charge in [0.05, 0.1) is 6.04 Å².